The highest BCUT2D eigenvalue weighted by atomic mass is 32.1. The lowest BCUT2D eigenvalue weighted by atomic mass is 10.3. The van der Waals surface area contributed by atoms with Gasteiger partial charge in [-0.25, -0.2) is 0 Å². The van der Waals surface area contributed by atoms with Gasteiger partial charge in [-0.1, -0.05) is 18.3 Å². The maximum absolute atomic E-state index is 10.4. The van der Waals surface area contributed by atoms with E-state index in [1.807, 2.05) is 0 Å². The van der Waals surface area contributed by atoms with Crippen molar-refractivity contribution in [2.45, 2.75) is 13.3 Å². The molecule has 70 valence electrons. The van der Waals surface area contributed by atoms with Crippen molar-refractivity contribution in [1.82, 2.24) is 0 Å². The van der Waals surface area contributed by atoms with Gasteiger partial charge < -0.3 is 0 Å². The SMILES string of the molecule is CCc1sc([N+](=O)[O-])cc1[N+](=O)[O-]. The molecule has 0 aliphatic carbocycles. The minimum Gasteiger partial charge on any atom is -0.258 e. The molecule has 0 fully saturated rings. The summed E-state index contributed by atoms with van der Waals surface area (Å²) in [6, 6.07) is 1.00. The van der Waals surface area contributed by atoms with E-state index in [0.717, 1.165) is 17.4 Å². The fraction of sp³-hybridized carbons (Fsp3) is 0.333. The second-order valence-electron chi connectivity index (χ2n) is 2.26. The Bertz CT molecular complexity index is 360. The van der Waals surface area contributed by atoms with Crippen LogP contribution >= 0.6 is 11.3 Å². The van der Waals surface area contributed by atoms with Crippen LogP contribution < -0.4 is 0 Å². The zero-order chi connectivity index (χ0) is 10.0. The van der Waals surface area contributed by atoms with E-state index in [1.165, 1.54) is 0 Å². The Kier molecular flexibility index (Phi) is 2.57. The number of nitrogens with zero attached hydrogens (tertiary/aromatic N) is 2. The molecular formula is C6H6N2O4S. The van der Waals surface area contributed by atoms with Crippen molar-refractivity contribution in [2.75, 3.05) is 0 Å². The number of aryl methyl sites for hydroxylation is 1. The first kappa shape index (κ1) is 9.59. The molecule has 0 spiro atoms. The number of hydrogen-bond acceptors (Lipinski definition) is 5. The van der Waals surface area contributed by atoms with Gasteiger partial charge in [0.05, 0.1) is 14.7 Å². The average molecular weight is 202 g/mol. The summed E-state index contributed by atoms with van der Waals surface area (Å²) in [6.07, 6.45) is 0.439. The minimum absolute atomic E-state index is 0.154. The van der Waals surface area contributed by atoms with E-state index in [4.69, 9.17) is 0 Å². The van der Waals surface area contributed by atoms with Crippen molar-refractivity contribution in [2.24, 2.45) is 0 Å². The molecule has 0 saturated heterocycles. The molecule has 0 N–H and O–H groups in total. The third kappa shape index (κ3) is 1.81. The van der Waals surface area contributed by atoms with Crippen molar-refractivity contribution in [3.8, 4) is 0 Å². The van der Waals surface area contributed by atoms with Crippen LogP contribution in [0.2, 0.25) is 0 Å². The van der Waals surface area contributed by atoms with Crippen molar-refractivity contribution >= 4 is 22.0 Å². The maximum Gasteiger partial charge on any atom is 0.331 e. The summed E-state index contributed by atoms with van der Waals surface area (Å²) in [5.74, 6) is 0. The van der Waals surface area contributed by atoms with E-state index in [-0.39, 0.29) is 10.7 Å². The van der Waals surface area contributed by atoms with Gasteiger partial charge in [-0.3, -0.25) is 20.2 Å². The second-order valence-corrected chi connectivity index (χ2v) is 3.38. The van der Waals surface area contributed by atoms with Crippen LogP contribution in [-0.4, -0.2) is 9.85 Å². The fourth-order valence-corrected chi connectivity index (χ4v) is 1.78. The summed E-state index contributed by atoms with van der Waals surface area (Å²) < 4.78 is 0. The highest BCUT2D eigenvalue weighted by molar-refractivity contribution is 7.15. The smallest absolute Gasteiger partial charge is 0.258 e. The number of thiophene rings is 1. The Labute approximate surface area is 77.1 Å². The molecule has 1 aromatic heterocycles. The zero-order valence-electron chi connectivity index (χ0n) is 6.72. The monoisotopic (exact) mass is 202 g/mol. The molecule has 0 aromatic carbocycles. The first-order valence-electron chi connectivity index (χ1n) is 3.47. The lowest BCUT2D eigenvalue weighted by Crippen LogP contribution is -1.88. The largest absolute Gasteiger partial charge is 0.331 e. The van der Waals surface area contributed by atoms with Crippen LogP contribution in [0.3, 0.4) is 0 Å². The third-order valence-corrected chi connectivity index (χ3v) is 2.69. The van der Waals surface area contributed by atoms with E-state index in [1.54, 1.807) is 6.92 Å². The minimum atomic E-state index is -0.614. The quantitative estimate of drug-likeness (QED) is 0.554. The van der Waals surface area contributed by atoms with Gasteiger partial charge in [0.15, 0.2) is 0 Å². The number of hydrogen-bond donors (Lipinski definition) is 0. The Morgan fingerprint density at radius 1 is 1.38 bits per heavy atom. The summed E-state index contributed by atoms with van der Waals surface area (Å²) in [5, 5.41) is 20.5. The van der Waals surface area contributed by atoms with E-state index in [2.05, 4.69) is 0 Å². The number of nitro groups is 2. The van der Waals surface area contributed by atoms with Gasteiger partial charge in [0.1, 0.15) is 6.07 Å². The molecule has 0 amide bonds. The van der Waals surface area contributed by atoms with Crippen LogP contribution in [0.15, 0.2) is 6.07 Å². The third-order valence-electron chi connectivity index (χ3n) is 1.47. The van der Waals surface area contributed by atoms with Crippen molar-refractivity contribution in [3.05, 3.63) is 31.2 Å². The first-order chi connectivity index (χ1) is 6.06. The standard InChI is InChI=1S/C6H6N2O4S/c1-2-5-4(7(9)10)3-6(13-5)8(11)12/h3H,2H2,1H3. The highest BCUT2D eigenvalue weighted by Crippen LogP contribution is 2.34. The number of rotatable bonds is 3. The second kappa shape index (κ2) is 3.48. The van der Waals surface area contributed by atoms with Crippen LogP contribution in [0.1, 0.15) is 11.8 Å². The summed E-state index contributed by atoms with van der Waals surface area (Å²) in [5.41, 5.74) is -0.154. The lowest BCUT2D eigenvalue weighted by molar-refractivity contribution is -0.390. The molecular weight excluding hydrogens is 196 g/mol. The van der Waals surface area contributed by atoms with Gasteiger partial charge >= 0.3 is 5.00 Å². The summed E-state index contributed by atoms with van der Waals surface area (Å²) >= 11 is 0.855. The Morgan fingerprint density at radius 2 is 2.00 bits per heavy atom. The van der Waals surface area contributed by atoms with E-state index >= 15 is 0 Å². The molecule has 0 radical (unpaired) electrons. The van der Waals surface area contributed by atoms with Crippen molar-refractivity contribution < 1.29 is 9.85 Å². The highest BCUT2D eigenvalue weighted by Gasteiger charge is 2.23. The lowest BCUT2D eigenvalue weighted by Gasteiger charge is -1.87. The van der Waals surface area contributed by atoms with E-state index in [9.17, 15) is 20.2 Å². The topological polar surface area (TPSA) is 86.3 Å². The fourth-order valence-electron chi connectivity index (χ4n) is 0.903. The van der Waals surface area contributed by atoms with Crippen molar-refractivity contribution in [1.29, 1.82) is 0 Å². The normalized spacial score (nSPS) is 9.92. The molecule has 7 heteroatoms. The molecule has 0 aliphatic rings. The van der Waals surface area contributed by atoms with Crippen LogP contribution in [0.5, 0.6) is 0 Å². The van der Waals surface area contributed by atoms with Crippen molar-refractivity contribution in [3.63, 3.8) is 0 Å². The molecule has 1 rings (SSSR count). The Morgan fingerprint density at radius 3 is 2.31 bits per heavy atom. The van der Waals surface area contributed by atoms with Gasteiger partial charge in [0.25, 0.3) is 5.69 Å². The van der Waals surface area contributed by atoms with Gasteiger partial charge in [0.2, 0.25) is 0 Å². The van der Waals surface area contributed by atoms with Gasteiger partial charge in [-0.2, -0.15) is 0 Å². The Balaban J connectivity index is 3.19. The predicted molar refractivity (Wildman–Crippen MR) is 47.0 cm³/mol. The molecule has 0 atom stereocenters. The first-order valence-corrected chi connectivity index (χ1v) is 4.29. The van der Waals surface area contributed by atoms with E-state index in [0.29, 0.717) is 11.3 Å². The van der Waals surface area contributed by atoms with Gasteiger partial charge in [-0.05, 0) is 6.42 Å². The van der Waals surface area contributed by atoms with Crippen LogP contribution in [0.4, 0.5) is 10.7 Å². The van der Waals surface area contributed by atoms with Gasteiger partial charge in [-0.15, -0.1) is 0 Å². The summed E-state index contributed by atoms with van der Waals surface area (Å²) in [4.78, 5) is 19.9. The molecule has 13 heavy (non-hydrogen) atoms. The maximum atomic E-state index is 10.4. The van der Waals surface area contributed by atoms with Gasteiger partial charge in [0, 0.05) is 0 Å². The zero-order valence-corrected chi connectivity index (χ0v) is 7.54. The average Bonchev–Trinajstić information content (AvgIpc) is 2.47. The molecule has 1 heterocycles. The summed E-state index contributed by atoms with van der Waals surface area (Å²) in [6.45, 7) is 1.72. The molecule has 0 aliphatic heterocycles. The molecule has 0 unspecified atom stereocenters. The van der Waals surface area contributed by atoms with Crippen LogP contribution in [-0.2, 0) is 6.42 Å². The summed E-state index contributed by atoms with van der Waals surface area (Å²) in [7, 11) is 0. The van der Waals surface area contributed by atoms with Crippen LogP contribution in [0.25, 0.3) is 0 Å². The predicted octanol–water partition coefficient (Wildman–Crippen LogP) is 2.13. The molecule has 0 bridgehead atoms. The molecule has 6 nitrogen and oxygen atoms in total. The van der Waals surface area contributed by atoms with Crippen LogP contribution in [0, 0.1) is 20.2 Å². The molecule has 1 aromatic rings. The Hall–Kier alpha value is -1.50. The molecule has 0 saturated carbocycles. The van der Waals surface area contributed by atoms with E-state index < -0.39 is 9.85 Å².